The van der Waals surface area contributed by atoms with E-state index in [2.05, 4.69) is 10.2 Å². The number of likely N-dealkylation sites (tertiary alicyclic amines) is 1. The minimum absolute atomic E-state index is 0.111. The van der Waals surface area contributed by atoms with Crippen molar-refractivity contribution in [1.82, 2.24) is 10.2 Å². The third kappa shape index (κ3) is 3.11. The molecule has 0 aromatic rings. The molecule has 0 spiro atoms. The molecule has 3 atom stereocenters. The van der Waals surface area contributed by atoms with Crippen LogP contribution in [0.4, 0.5) is 0 Å². The quantitative estimate of drug-likeness (QED) is 0.753. The van der Waals surface area contributed by atoms with Gasteiger partial charge in [-0.25, -0.2) is 0 Å². The van der Waals surface area contributed by atoms with Crippen LogP contribution in [0, 0.1) is 11.8 Å². The average Bonchev–Trinajstić information content (AvgIpc) is 2.54. The number of nitrogens with one attached hydrogen (secondary N) is 1. The predicted octanol–water partition coefficient (Wildman–Crippen LogP) is 1.14. The first-order valence-corrected chi connectivity index (χ1v) is 7.92. The summed E-state index contributed by atoms with van der Waals surface area (Å²) in [6.07, 6.45) is 8.27. The zero-order valence-corrected chi connectivity index (χ0v) is 11.7. The van der Waals surface area contributed by atoms with Crippen LogP contribution in [0.5, 0.6) is 0 Å². The summed E-state index contributed by atoms with van der Waals surface area (Å²) in [5.74, 6) is 1.26. The van der Waals surface area contributed by atoms with Crippen molar-refractivity contribution >= 4 is 5.91 Å². The fourth-order valence-corrected chi connectivity index (χ4v) is 3.99. The average molecular weight is 266 g/mol. The van der Waals surface area contributed by atoms with Gasteiger partial charge in [0.05, 0.1) is 12.6 Å². The summed E-state index contributed by atoms with van der Waals surface area (Å²) in [4.78, 5) is 14.3. The molecule has 0 aromatic carbocycles. The Hall–Kier alpha value is -0.610. The highest BCUT2D eigenvalue weighted by Crippen LogP contribution is 2.40. The maximum Gasteiger partial charge on any atom is 0.234 e. The second-order valence-electron chi connectivity index (χ2n) is 6.68. The van der Waals surface area contributed by atoms with Crippen molar-refractivity contribution in [3.05, 3.63) is 0 Å². The molecule has 2 N–H and O–H groups in total. The minimum Gasteiger partial charge on any atom is -0.393 e. The first kappa shape index (κ1) is 13.4. The number of carbonyl (C=O) groups is 1. The molecular weight excluding hydrogens is 240 g/mol. The summed E-state index contributed by atoms with van der Waals surface area (Å²) in [6.45, 7) is 2.43. The topological polar surface area (TPSA) is 52.6 Å². The van der Waals surface area contributed by atoms with Gasteiger partial charge in [0.1, 0.15) is 0 Å². The zero-order valence-electron chi connectivity index (χ0n) is 11.7. The van der Waals surface area contributed by atoms with Crippen LogP contribution in [0.15, 0.2) is 0 Å². The Balaban J connectivity index is 1.41. The first-order chi connectivity index (χ1) is 9.22. The molecule has 2 saturated carbocycles. The third-order valence-corrected chi connectivity index (χ3v) is 5.19. The van der Waals surface area contributed by atoms with Crippen LogP contribution in [-0.4, -0.2) is 47.7 Å². The number of aliphatic hydroxyl groups is 1. The monoisotopic (exact) mass is 266 g/mol. The predicted molar refractivity (Wildman–Crippen MR) is 73.7 cm³/mol. The van der Waals surface area contributed by atoms with Crippen LogP contribution in [0.2, 0.25) is 0 Å². The molecule has 1 heterocycles. The zero-order chi connectivity index (χ0) is 13.2. The molecule has 3 rings (SSSR count). The maximum absolute atomic E-state index is 12.1. The molecule has 3 fully saturated rings. The van der Waals surface area contributed by atoms with Gasteiger partial charge >= 0.3 is 0 Å². The van der Waals surface area contributed by atoms with Crippen molar-refractivity contribution in [1.29, 1.82) is 0 Å². The fourth-order valence-electron chi connectivity index (χ4n) is 3.99. The van der Waals surface area contributed by atoms with Gasteiger partial charge in [0, 0.05) is 25.0 Å². The Labute approximate surface area is 115 Å². The van der Waals surface area contributed by atoms with E-state index in [1.54, 1.807) is 0 Å². The molecule has 19 heavy (non-hydrogen) atoms. The van der Waals surface area contributed by atoms with E-state index >= 15 is 0 Å². The van der Waals surface area contributed by atoms with Gasteiger partial charge in [-0.15, -0.1) is 0 Å². The molecule has 4 heteroatoms. The normalized spacial score (nSPS) is 36.4. The lowest BCUT2D eigenvalue weighted by Crippen LogP contribution is -2.41. The van der Waals surface area contributed by atoms with E-state index in [-0.39, 0.29) is 12.0 Å². The molecule has 3 aliphatic rings. The number of rotatable bonds is 3. The second-order valence-corrected chi connectivity index (χ2v) is 6.68. The van der Waals surface area contributed by atoms with Crippen molar-refractivity contribution < 1.29 is 9.90 Å². The fraction of sp³-hybridized carbons (Fsp3) is 0.933. The largest absolute Gasteiger partial charge is 0.393 e. The van der Waals surface area contributed by atoms with Crippen LogP contribution in [0.3, 0.4) is 0 Å². The standard InChI is InChI=1S/C15H26N2O2/c18-14-7-11-8-17(9-13(11)14)10-15(19)16-12-5-3-1-2-4-6-12/h11-14,18H,1-10H2,(H,16,19)/t11-,13+,14-/m1/s1. The van der Waals surface area contributed by atoms with Gasteiger partial charge in [0.25, 0.3) is 0 Å². The van der Waals surface area contributed by atoms with Crippen LogP contribution >= 0.6 is 0 Å². The second kappa shape index (κ2) is 5.80. The van der Waals surface area contributed by atoms with Crippen molar-refractivity contribution in [3.63, 3.8) is 0 Å². The maximum atomic E-state index is 12.1. The molecule has 0 radical (unpaired) electrons. The Morgan fingerprint density at radius 2 is 1.89 bits per heavy atom. The van der Waals surface area contributed by atoms with Crippen molar-refractivity contribution in [2.75, 3.05) is 19.6 Å². The van der Waals surface area contributed by atoms with E-state index in [9.17, 15) is 9.90 Å². The lowest BCUT2D eigenvalue weighted by Gasteiger charge is -2.35. The van der Waals surface area contributed by atoms with E-state index in [1.807, 2.05) is 0 Å². The van der Waals surface area contributed by atoms with E-state index in [0.29, 0.717) is 24.4 Å². The molecule has 0 aromatic heterocycles. The van der Waals surface area contributed by atoms with Crippen LogP contribution < -0.4 is 5.32 Å². The van der Waals surface area contributed by atoms with E-state index < -0.39 is 0 Å². The van der Waals surface area contributed by atoms with Crippen LogP contribution in [0.25, 0.3) is 0 Å². The summed E-state index contributed by atoms with van der Waals surface area (Å²) < 4.78 is 0. The Kier molecular flexibility index (Phi) is 4.08. The molecule has 4 nitrogen and oxygen atoms in total. The molecule has 1 saturated heterocycles. The summed E-state index contributed by atoms with van der Waals surface area (Å²) in [7, 11) is 0. The molecule has 1 aliphatic heterocycles. The number of amides is 1. The number of carbonyl (C=O) groups excluding carboxylic acids is 1. The van der Waals surface area contributed by atoms with Crippen molar-refractivity contribution in [2.24, 2.45) is 11.8 Å². The number of hydrogen-bond acceptors (Lipinski definition) is 3. The SMILES string of the molecule is O=C(CN1C[C@H]2C[C@@H](O)[C@H]2C1)NC1CCCCCC1. The molecular formula is C15H26N2O2. The summed E-state index contributed by atoms with van der Waals surface area (Å²) in [6, 6.07) is 0.403. The van der Waals surface area contributed by atoms with Crippen LogP contribution in [0.1, 0.15) is 44.9 Å². The van der Waals surface area contributed by atoms with Gasteiger partial charge in [-0.3, -0.25) is 9.69 Å². The summed E-state index contributed by atoms with van der Waals surface area (Å²) in [5.41, 5.74) is 0. The molecule has 1 amide bonds. The van der Waals surface area contributed by atoms with Gasteiger partial charge in [0.15, 0.2) is 0 Å². The van der Waals surface area contributed by atoms with Crippen molar-refractivity contribution in [2.45, 2.75) is 57.1 Å². The van der Waals surface area contributed by atoms with Gasteiger partial charge in [-0.1, -0.05) is 25.7 Å². The van der Waals surface area contributed by atoms with Gasteiger partial charge < -0.3 is 10.4 Å². The van der Waals surface area contributed by atoms with E-state index in [0.717, 1.165) is 32.4 Å². The van der Waals surface area contributed by atoms with Gasteiger partial charge in [-0.2, -0.15) is 0 Å². The van der Waals surface area contributed by atoms with E-state index in [4.69, 9.17) is 0 Å². The van der Waals surface area contributed by atoms with E-state index in [1.165, 1.54) is 25.7 Å². The summed E-state index contributed by atoms with van der Waals surface area (Å²) >= 11 is 0. The van der Waals surface area contributed by atoms with Crippen LogP contribution in [-0.2, 0) is 4.79 Å². The highest BCUT2D eigenvalue weighted by atomic mass is 16.3. The molecule has 0 bridgehead atoms. The lowest BCUT2D eigenvalue weighted by atomic mass is 9.74. The highest BCUT2D eigenvalue weighted by Gasteiger charge is 2.46. The number of nitrogens with zero attached hydrogens (tertiary/aromatic N) is 1. The minimum atomic E-state index is -0.111. The Morgan fingerprint density at radius 3 is 2.53 bits per heavy atom. The number of aliphatic hydroxyl groups excluding tert-OH is 1. The molecule has 2 aliphatic carbocycles. The lowest BCUT2D eigenvalue weighted by molar-refractivity contribution is -0.122. The highest BCUT2D eigenvalue weighted by molar-refractivity contribution is 5.78. The third-order valence-electron chi connectivity index (χ3n) is 5.19. The Bertz CT molecular complexity index is 326. The Morgan fingerprint density at radius 1 is 1.16 bits per heavy atom. The van der Waals surface area contributed by atoms with Gasteiger partial charge in [0.2, 0.25) is 5.91 Å². The molecule has 0 unspecified atom stereocenters. The number of fused-ring (bicyclic) bond motifs is 1. The summed E-state index contributed by atoms with van der Waals surface area (Å²) in [5, 5.41) is 12.8. The molecule has 108 valence electrons. The van der Waals surface area contributed by atoms with Crippen molar-refractivity contribution in [3.8, 4) is 0 Å². The first-order valence-electron chi connectivity index (χ1n) is 7.92. The number of hydrogen-bond donors (Lipinski definition) is 2. The smallest absolute Gasteiger partial charge is 0.234 e. The van der Waals surface area contributed by atoms with Gasteiger partial charge in [-0.05, 0) is 25.2 Å².